The minimum absolute atomic E-state index is 0.254. The molecule has 0 unspecified atom stereocenters. The van der Waals surface area contributed by atoms with Crippen molar-refractivity contribution in [3.63, 3.8) is 0 Å². The number of carbonyl (C=O) groups excluding carboxylic acids is 1. The number of likely N-dealkylation sites (tertiary alicyclic amines) is 1. The first kappa shape index (κ1) is 19.5. The van der Waals surface area contributed by atoms with Crippen molar-refractivity contribution in [1.29, 1.82) is 0 Å². The van der Waals surface area contributed by atoms with Gasteiger partial charge in [0.15, 0.2) is 10.7 Å². The van der Waals surface area contributed by atoms with Crippen LogP contribution in [0, 0.1) is 6.92 Å². The van der Waals surface area contributed by atoms with Crippen molar-refractivity contribution in [2.45, 2.75) is 39.0 Å². The zero-order valence-corrected chi connectivity index (χ0v) is 18.3. The molecular formula is C25H27N3OS. The fourth-order valence-corrected chi connectivity index (χ4v) is 5.44. The highest BCUT2D eigenvalue weighted by atomic mass is 32.1. The number of carbonyl (C=O) groups is 1. The van der Waals surface area contributed by atoms with Gasteiger partial charge < -0.3 is 4.90 Å². The Kier molecular flexibility index (Phi) is 5.40. The fourth-order valence-electron chi connectivity index (χ4n) is 4.39. The summed E-state index contributed by atoms with van der Waals surface area (Å²) in [6.45, 7) is 5.70. The monoisotopic (exact) mass is 417 g/mol. The number of hydrogen-bond acceptors (Lipinski definition) is 4. The highest BCUT2D eigenvalue weighted by Crippen LogP contribution is 2.30. The van der Waals surface area contributed by atoms with Gasteiger partial charge in [0, 0.05) is 23.7 Å². The molecule has 0 atom stereocenters. The molecule has 0 amide bonds. The molecule has 2 aromatic carbocycles. The van der Waals surface area contributed by atoms with Gasteiger partial charge in [-0.3, -0.25) is 9.20 Å². The van der Waals surface area contributed by atoms with Gasteiger partial charge in [-0.25, -0.2) is 4.98 Å². The first-order valence-electron chi connectivity index (χ1n) is 10.9. The zero-order chi connectivity index (χ0) is 20.5. The molecule has 0 radical (unpaired) electrons. The molecule has 4 aromatic rings. The van der Waals surface area contributed by atoms with Crippen LogP contribution < -0.4 is 0 Å². The van der Waals surface area contributed by atoms with Gasteiger partial charge >= 0.3 is 0 Å². The molecule has 1 fully saturated rings. The van der Waals surface area contributed by atoms with Crippen LogP contribution in [0.3, 0.4) is 0 Å². The molecule has 1 saturated heterocycles. The molecule has 1 aliphatic heterocycles. The predicted octanol–water partition coefficient (Wildman–Crippen LogP) is 5.97. The third kappa shape index (κ3) is 3.92. The first-order chi connectivity index (χ1) is 14.7. The molecule has 2 aromatic heterocycles. The summed E-state index contributed by atoms with van der Waals surface area (Å²) in [5, 5.41) is 0. The normalized spacial score (nSPS) is 14.8. The number of ketones is 1. The zero-order valence-electron chi connectivity index (χ0n) is 17.4. The summed E-state index contributed by atoms with van der Waals surface area (Å²) in [4.78, 5) is 21.0. The van der Waals surface area contributed by atoms with Gasteiger partial charge in [0.25, 0.3) is 0 Å². The van der Waals surface area contributed by atoms with Gasteiger partial charge in [-0.15, -0.1) is 0 Å². The van der Waals surface area contributed by atoms with E-state index >= 15 is 0 Å². The second kappa shape index (κ2) is 8.32. The van der Waals surface area contributed by atoms with Gasteiger partial charge in [0.1, 0.15) is 0 Å². The van der Waals surface area contributed by atoms with E-state index in [0.717, 1.165) is 51.4 Å². The molecule has 0 spiro atoms. The SMILES string of the molecule is Cc1cccc(-c2cn3c(n2)sc2cc(C(=O)CCCCN4CCCC4)ccc23)c1. The number of rotatable bonds is 7. The average Bonchev–Trinajstić information content (AvgIpc) is 3.47. The van der Waals surface area contributed by atoms with E-state index in [1.165, 1.54) is 31.5 Å². The van der Waals surface area contributed by atoms with Gasteiger partial charge in [0.05, 0.1) is 15.9 Å². The van der Waals surface area contributed by atoms with Crippen molar-refractivity contribution in [3.05, 3.63) is 59.8 Å². The number of unbranched alkanes of at least 4 members (excludes halogenated alkanes) is 1. The Labute approximate surface area is 181 Å². The minimum atomic E-state index is 0.254. The van der Waals surface area contributed by atoms with Crippen molar-refractivity contribution >= 4 is 32.3 Å². The van der Waals surface area contributed by atoms with Crippen LogP contribution in [0.15, 0.2) is 48.7 Å². The highest BCUT2D eigenvalue weighted by Gasteiger charge is 2.14. The fraction of sp³-hybridized carbons (Fsp3) is 0.360. The van der Waals surface area contributed by atoms with E-state index in [1.807, 2.05) is 12.1 Å². The predicted molar refractivity (Wildman–Crippen MR) is 125 cm³/mol. The number of hydrogen-bond donors (Lipinski definition) is 0. The summed E-state index contributed by atoms with van der Waals surface area (Å²) in [6, 6.07) is 14.5. The molecule has 0 N–H and O–H groups in total. The number of nitrogens with zero attached hydrogens (tertiary/aromatic N) is 3. The standard InChI is InChI=1S/C25H27N3OS/c1-18-7-6-8-19(15-18)21-17-28-22-11-10-20(16-24(22)30-25(28)26-21)23(29)9-2-3-12-27-13-4-5-14-27/h6-8,10-11,15-17H,2-5,9,12-14H2,1H3. The maximum atomic E-state index is 12.7. The summed E-state index contributed by atoms with van der Waals surface area (Å²) in [7, 11) is 0. The maximum absolute atomic E-state index is 12.7. The molecule has 0 bridgehead atoms. The summed E-state index contributed by atoms with van der Waals surface area (Å²) in [5.74, 6) is 0.254. The Bertz CT molecular complexity index is 1200. The minimum Gasteiger partial charge on any atom is -0.303 e. The van der Waals surface area contributed by atoms with Gasteiger partial charge in [-0.2, -0.15) is 0 Å². The van der Waals surface area contributed by atoms with Crippen molar-refractivity contribution < 1.29 is 4.79 Å². The summed E-state index contributed by atoms with van der Waals surface area (Å²) < 4.78 is 3.26. The van der Waals surface area contributed by atoms with Crippen LogP contribution in [0.4, 0.5) is 0 Å². The molecule has 30 heavy (non-hydrogen) atoms. The molecule has 0 saturated carbocycles. The van der Waals surface area contributed by atoms with E-state index in [4.69, 9.17) is 4.98 Å². The summed E-state index contributed by atoms with van der Waals surface area (Å²) in [5.41, 5.74) is 5.31. The molecule has 0 aliphatic carbocycles. The molecule has 4 nitrogen and oxygen atoms in total. The molecule has 1 aliphatic rings. The third-order valence-electron chi connectivity index (χ3n) is 6.06. The Morgan fingerprint density at radius 2 is 1.97 bits per heavy atom. The van der Waals surface area contributed by atoms with E-state index < -0.39 is 0 Å². The number of thiazole rings is 1. The maximum Gasteiger partial charge on any atom is 0.195 e. The number of aryl methyl sites for hydroxylation is 1. The van der Waals surface area contributed by atoms with Crippen LogP contribution in [0.25, 0.3) is 26.4 Å². The van der Waals surface area contributed by atoms with E-state index in [0.29, 0.717) is 6.42 Å². The van der Waals surface area contributed by atoms with Crippen LogP contribution in [-0.2, 0) is 0 Å². The highest BCUT2D eigenvalue weighted by molar-refractivity contribution is 7.23. The van der Waals surface area contributed by atoms with Gasteiger partial charge in [-0.1, -0.05) is 35.1 Å². The number of fused-ring (bicyclic) bond motifs is 3. The molecule has 154 valence electrons. The van der Waals surface area contributed by atoms with Crippen molar-refractivity contribution in [2.75, 3.05) is 19.6 Å². The Morgan fingerprint density at radius 3 is 2.80 bits per heavy atom. The van der Waals surface area contributed by atoms with Crippen LogP contribution in [0.5, 0.6) is 0 Å². The second-order valence-corrected chi connectivity index (χ2v) is 9.37. The average molecular weight is 418 g/mol. The molecular weight excluding hydrogens is 390 g/mol. The first-order valence-corrected chi connectivity index (χ1v) is 11.7. The van der Waals surface area contributed by atoms with Crippen molar-refractivity contribution in [1.82, 2.24) is 14.3 Å². The number of Topliss-reactive ketones (excluding diaryl/α,β-unsaturated/α-hetero) is 1. The largest absolute Gasteiger partial charge is 0.303 e. The van der Waals surface area contributed by atoms with Crippen molar-refractivity contribution in [2.24, 2.45) is 0 Å². The molecule has 5 rings (SSSR count). The Morgan fingerprint density at radius 1 is 1.10 bits per heavy atom. The van der Waals surface area contributed by atoms with E-state index in [2.05, 4.69) is 52.8 Å². The Balaban J connectivity index is 1.30. The second-order valence-electron chi connectivity index (χ2n) is 8.36. The third-order valence-corrected chi connectivity index (χ3v) is 7.07. The van der Waals surface area contributed by atoms with Crippen molar-refractivity contribution in [3.8, 4) is 11.3 Å². The lowest BCUT2D eigenvalue weighted by Crippen LogP contribution is -2.20. The lowest BCUT2D eigenvalue weighted by atomic mass is 10.1. The van der Waals surface area contributed by atoms with E-state index in [-0.39, 0.29) is 5.78 Å². The summed E-state index contributed by atoms with van der Waals surface area (Å²) in [6.07, 6.45) is 7.48. The number of benzene rings is 2. The summed E-state index contributed by atoms with van der Waals surface area (Å²) >= 11 is 1.65. The van der Waals surface area contributed by atoms with Crippen LogP contribution >= 0.6 is 11.3 Å². The quantitative estimate of drug-likeness (QED) is 0.274. The van der Waals surface area contributed by atoms with E-state index in [9.17, 15) is 4.79 Å². The smallest absolute Gasteiger partial charge is 0.195 e. The molecule has 5 heteroatoms. The number of aromatic nitrogens is 2. The van der Waals surface area contributed by atoms with E-state index in [1.54, 1.807) is 11.3 Å². The molecule has 3 heterocycles. The lowest BCUT2D eigenvalue weighted by molar-refractivity contribution is 0.0978. The number of imidazole rings is 1. The van der Waals surface area contributed by atoms with Gasteiger partial charge in [-0.05, 0) is 76.5 Å². The Hall–Kier alpha value is -2.50. The van der Waals surface area contributed by atoms with Gasteiger partial charge in [0.2, 0.25) is 0 Å². The topological polar surface area (TPSA) is 37.6 Å². The lowest BCUT2D eigenvalue weighted by Gasteiger charge is -2.13. The van der Waals surface area contributed by atoms with Crippen LogP contribution in [-0.4, -0.2) is 39.7 Å². The van der Waals surface area contributed by atoms with Crippen LogP contribution in [0.2, 0.25) is 0 Å². The van der Waals surface area contributed by atoms with Crippen LogP contribution in [0.1, 0.15) is 48.0 Å².